The molecule has 0 fully saturated rings. The predicted octanol–water partition coefficient (Wildman–Crippen LogP) is 4.54. The van der Waals surface area contributed by atoms with Gasteiger partial charge in [-0.3, -0.25) is 19.5 Å². The minimum absolute atomic E-state index is 0.107. The summed E-state index contributed by atoms with van der Waals surface area (Å²) in [6, 6.07) is 18.8. The quantitative estimate of drug-likeness (QED) is 0.476. The van der Waals surface area contributed by atoms with Crippen LogP contribution in [0.25, 0.3) is 22.0 Å². The largest absolute Gasteiger partial charge is 0.482 e. The number of carbonyl (C=O) groups is 2. The third-order valence-electron chi connectivity index (χ3n) is 5.31. The second-order valence-corrected chi connectivity index (χ2v) is 8.43. The number of anilines is 2. The molecule has 4 aromatic rings. The van der Waals surface area contributed by atoms with Crippen molar-refractivity contribution >= 4 is 34.5 Å². The van der Waals surface area contributed by atoms with Crippen molar-refractivity contribution in [3.8, 4) is 27.7 Å². The molecule has 0 bridgehead atoms. The van der Waals surface area contributed by atoms with Crippen molar-refractivity contribution in [3.05, 3.63) is 77.8 Å². The fraction of sp³-hybridized carbons (Fsp3) is 0.120. The van der Waals surface area contributed by atoms with E-state index in [1.807, 2.05) is 73.0 Å². The Labute approximate surface area is 194 Å². The smallest absolute Gasteiger partial charge is 0.265 e. The molecule has 164 valence electrons. The molecule has 0 atom stereocenters. The molecule has 0 saturated carbocycles. The molecule has 0 saturated heterocycles. The Bertz CT molecular complexity index is 1340. The summed E-state index contributed by atoms with van der Waals surface area (Å²) >= 11 is 1.50. The third kappa shape index (κ3) is 4.33. The highest BCUT2D eigenvalue weighted by Crippen LogP contribution is 2.37. The molecule has 1 aliphatic rings. The number of carbonyl (C=O) groups excluding carboxylic acids is 2. The van der Waals surface area contributed by atoms with Crippen molar-refractivity contribution < 1.29 is 14.3 Å². The average Bonchev–Trinajstić information content (AvgIpc) is 3.33. The molecule has 0 spiro atoms. The van der Waals surface area contributed by atoms with Crippen LogP contribution in [0, 0.1) is 6.92 Å². The maximum Gasteiger partial charge on any atom is 0.265 e. The van der Waals surface area contributed by atoms with E-state index in [0.717, 1.165) is 33.2 Å². The summed E-state index contributed by atoms with van der Waals surface area (Å²) in [6.45, 7) is 1.71. The molecular formula is C25H20N4O3S. The van der Waals surface area contributed by atoms with Gasteiger partial charge in [-0.05, 0) is 48.9 Å². The van der Waals surface area contributed by atoms with E-state index in [-0.39, 0.29) is 25.0 Å². The van der Waals surface area contributed by atoms with Crippen LogP contribution in [-0.4, -0.2) is 34.9 Å². The molecule has 0 aliphatic carbocycles. The lowest BCUT2D eigenvalue weighted by Gasteiger charge is -2.29. The second-order valence-electron chi connectivity index (χ2n) is 7.57. The van der Waals surface area contributed by atoms with Gasteiger partial charge in [-0.2, -0.15) is 0 Å². The molecule has 1 aliphatic heterocycles. The van der Waals surface area contributed by atoms with E-state index in [4.69, 9.17) is 9.72 Å². The summed E-state index contributed by atoms with van der Waals surface area (Å²) in [5.41, 5.74) is 4.63. The lowest BCUT2D eigenvalue weighted by molar-refractivity contribution is -0.123. The number of rotatable bonds is 5. The number of aryl methyl sites for hydroxylation is 1. The Balaban J connectivity index is 1.41. The number of thiazole rings is 1. The van der Waals surface area contributed by atoms with Crippen molar-refractivity contribution in [2.75, 3.05) is 23.4 Å². The fourth-order valence-corrected chi connectivity index (χ4v) is 4.40. The highest BCUT2D eigenvalue weighted by molar-refractivity contribution is 7.13. The Morgan fingerprint density at radius 3 is 2.79 bits per heavy atom. The lowest BCUT2D eigenvalue weighted by Crippen LogP contribution is -2.43. The van der Waals surface area contributed by atoms with Crippen LogP contribution in [0.4, 0.5) is 11.4 Å². The normalized spacial score (nSPS) is 12.8. The number of ether oxygens (including phenoxy) is 1. The van der Waals surface area contributed by atoms with Crippen LogP contribution in [0.1, 0.15) is 5.56 Å². The van der Waals surface area contributed by atoms with Crippen molar-refractivity contribution in [2.24, 2.45) is 0 Å². The summed E-state index contributed by atoms with van der Waals surface area (Å²) in [7, 11) is 0. The number of hydrogen-bond donors (Lipinski definition) is 1. The molecule has 33 heavy (non-hydrogen) atoms. The van der Waals surface area contributed by atoms with Gasteiger partial charge >= 0.3 is 0 Å². The zero-order valence-electron chi connectivity index (χ0n) is 17.8. The number of hydrogen-bond acceptors (Lipinski definition) is 6. The zero-order chi connectivity index (χ0) is 22.8. The van der Waals surface area contributed by atoms with Crippen LogP contribution < -0.4 is 15.0 Å². The Morgan fingerprint density at radius 2 is 1.97 bits per heavy atom. The van der Waals surface area contributed by atoms with Crippen LogP contribution in [0.5, 0.6) is 5.75 Å². The van der Waals surface area contributed by atoms with Gasteiger partial charge in [-0.25, -0.2) is 4.98 Å². The number of nitrogens with one attached hydrogen (secondary N) is 1. The van der Waals surface area contributed by atoms with Crippen LogP contribution in [0.15, 0.2) is 72.2 Å². The minimum Gasteiger partial charge on any atom is -0.482 e. The monoisotopic (exact) mass is 456 g/mol. The molecule has 2 aromatic heterocycles. The first-order valence-corrected chi connectivity index (χ1v) is 11.3. The number of fused-ring (bicyclic) bond motifs is 1. The van der Waals surface area contributed by atoms with E-state index < -0.39 is 0 Å². The molecule has 1 N–H and O–H groups in total. The van der Waals surface area contributed by atoms with Crippen molar-refractivity contribution in [1.29, 1.82) is 0 Å². The SMILES string of the molecule is Cc1ccccc1NC(=O)CN1C(=O)COc2ccc(-c3csc(-c4ccccn4)n3)cc21. The lowest BCUT2D eigenvalue weighted by atomic mass is 10.1. The molecule has 8 heteroatoms. The van der Waals surface area contributed by atoms with E-state index in [1.54, 1.807) is 6.20 Å². The van der Waals surface area contributed by atoms with Gasteiger partial charge in [0.25, 0.3) is 5.91 Å². The molecule has 2 amide bonds. The maximum absolute atomic E-state index is 12.7. The number of amides is 2. The molecule has 7 nitrogen and oxygen atoms in total. The van der Waals surface area contributed by atoms with Gasteiger partial charge in [0.15, 0.2) is 6.61 Å². The van der Waals surface area contributed by atoms with Gasteiger partial charge < -0.3 is 10.1 Å². The highest BCUT2D eigenvalue weighted by Gasteiger charge is 2.28. The first-order valence-electron chi connectivity index (χ1n) is 10.4. The van der Waals surface area contributed by atoms with Gasteiger partial charge in [0.1, 0.15) is 17.3 Å². The topological polar surface area (TPSA) is 84.4 Å². The first kappa shape index (κ1) is 20.8. The van der Waals surface area contributed by atoms with E-state index in [0.29, 0.717) is 11.4 Å². The molecule has 2 aromatic carbocycles. The number of pyridine rings is 1. The zero-order valence-corrected chi connectivity index (χ0v) is 18.6. The minimum atomic E-state index is -0.276. The Morgan fingerprint density at radius 1 is 1.12 bits per heavy atom. The van der Waals surface area contributed by atoms with Gasteiger partial charge in [0.05, 0.1) is 17.1 Å². The number of benzene rings is 2. The number of aromatic nitrogens is 2. The van der Waals surface area contributed by atoms with E-state index >= 15 is 0 Å². The molecular weight excluding hydrogens is 436 g/mol. The predicted molar refractivity (Wildman–Crippen MR) is 128 cm³/mol. The van der Waals surface area contributed by atoms with E-state index in [1.165, 1.54) is 16.2 Å². The van der Waals surface area contributed by atoms with Crippen molar-refractivity contribution in [1.82, 2.24) is 9.97 Å². The Hall–Kier alpha value is -4.04. The van der Waals surface area contributed by atoms with Gasteiger partial charge in [-0.15, -0.1) is 11.3 Å². The number of nitrogens with zero attached hydrogens (tertiary/aromatic N) is 3. The third-order valence-corrected chi connectivity index (χ3v) is 6.17. The molecule has 5 rings (SSSR count). The fourth-order valence-electron chi connectivity index (χ4n) is 3.59. The van der Waals surface area contributed by atoms with E-state index in [2.05, 4.69) is 10.3 Å². The van der Waals surface area contributed by atoms with Crippen LogP contribution in [-0.2, 0) is 9.59 Å². The summed E-state index contributed by atoms with van der Waals surface area (Å²) in [4.78, 5) is 35.9. The average molecular weight is 457 g/mol. The standard InChI is InChI=1S/C25H20N4O3S/c1-16-6-2-3-7-18(16)27-23(30)13-29-21-12-17(9-10-22(21)32-14-24(29)31)20-15-33-25(28-20)19-8-4-5-11-26-19/h2-12,15H,13-14H2,1H3,(H,27,30). The molecule has 3 heterocycles. The first-order chi connectivity index (χ1) is 16.1. The van der Waals surface area contributed by atoms with E-state index in [9.17, 15) is 9.59 Å². The van der Waals surface area contributed by atoms with Crippen LogP contribution in [0.3, 0.4) is 0 Å². The molecule has 0 radical (unpaired) electrons. The number of para-hydroxylation sites is 1. The van der Waals surface area contributed by atoms with Gasteiger partial charge in [-0.1, -0.05) is 24.3 Å². The maximum atomic E-state index is 12.7. The molecule has 0 unspecified atom stereocenters. The summed E-state index contributed by atoms with van der Waals surface area (Å²) in [5, 5.41) is 5.65. The summed E-state index contributed by atoms with van der Waals surface area (Å²) in [6.07, 6.45) is 1.73. The van der Waals surface area contributed by atoms with Crippen LogP contribution >= 0.6 is 11.3 Å². The summed E-state index contributed by atoms with van der Waals surface area (Å²) < 4.78 is 5.60. The van der Waals surface area contributed by atoms with Crippen LogP contribution in [0.2, 0.25) is 0 Å². The van der Waals surface area contributed by atoms with Crippen molar-refractivity contribution in [3.63, 3.8) is 0 Å². The highest BCUT2D eigenvalue weighted by atomic mass is 32.1. The van der Waals surface area contributed by atoms with Gasteiger partial charge in [0, 0.05) is 22.8 Å². The second kappa shape index (κ2) is 8.84. The van der Waals surface area contributed by atoms with Crippen molar-refractivity contribution in [2.45, 2.75) is 6.92 Å². The van der Waals surface area contributed by atoms with Gasteiger partial charge in [0.2, 0.25) is 5.91 Å². The summed E-state index contributed by atoms with van der Waals surface area (Å²) in [5.74, 6) is 0.0104. The Kier molecular flexibility index (Phi) is 5.58.